The van der Waals surface area contributed by atoms with Crippen molar-refractivity contribution < 1.29 is 28.6 Å². The van der Waals surface area contributed by atoms with E-state index in [-0.39, 0.29) is 19.2 Å². The molecule has 0 fully saturated rings. The van der Waals surface area contributed by atoms with E-state index < -0.39 is 11.6 Å². The van der Waals surface area contributed by atoms with Crippen LogP contribution in [0, 0.1) is 0 Å². The minimum Gasteiger partial charge on any atom is -0.465 e. The number of ether oxygens (including phenoxy) is 3. The van der Waals surface area contributed by atoms with Gasteiger partial charge in [0.15, 0.2) is 17.3 Å². The fourth-order valence-electron chi connectivity index (χ4n) is 3.15. The second kappa shape index (κ2) is 7.12. The number of nitrogens with zero attached hydrogens (tertiary/aromatic N) is 2. The standard InChI is InChI=1S/C21H20N2O6/c1-21(2)20(25)23(11-13-5-4-6-15(9-13)19(24)26-3)18(22-29-21)14-7-8-16-17(10-14)28-12-27-16/h4-10H,11-12H2,1-3H3. The number of hydrogen-bond donors (Lipinski definition) is 0. The predicted molar refractivity (Wildman–Crippen MR) is 103 cm³/mol. The van der Waals surface area contributed by atoms with Gasteiger partial charge in [-0.3, -0.25) is 9.69 Å². The molecule has 0 saturated carbocycles. The third kappa shape index (κ3) is 3.49. The quantitative estimate of drug-likeness (QED) is 0.739. The molecule has 0 N–H and O–H groups in total. The Balaban J connectivity index is 1.70. The Morgan fingerprint density at radius 1 is 1.17 bits per heavy atom. The first-order chi connectivity index (χ1) is 13.9. The summed E-state index contributed by atoms with van der Waals surface area (Å²) < 4.78 is 15.6. The Hall–Kier alpha value is -3.55. The Bertz CT molecular complexity index is 1010. The summed E-state index contributed by atoms with van der Waals surface area (Å²) in [6, 6.07) is 12.2. The lowest BCUT2D eigenvalue weighted by atomic mass is 10.0. The van der Waals surface area contributed by atoms with Gasteiger partial charge in [0.2, 0.25) is 12.4 Å². The van der Waals surface area contributed by atoms with E-state index in [1.54, 1.807) is 50.2 Å². The summed E-state index contributed by atoms with van der Waals surface area (Å²) in [5, 5.41) is 4.21. The maximum absolute atomic E-state index is 13.1. The number of hydrogen-bond acceptors (Lipinski definition) is 7. The van der Waals surface area contributed by atoms with Crippen LogP contribution in [0.1, 0.15) is 35.3 Å². The molecule has 0 aromatic heterocycles. The molecule has 0 spiro atoms. The molecule has 1 amide bonds. The molecule has 0 bridgehead atoms. The maximum Gasteiger partial charge on any atom is 0.337 e. The number of esters is 1. The van der Waals surface area contributed by atoms with Crippen LogP contribution >= 0.6 is 0 Å². The van der Waals surface area contributed by atoms with Crippen molar-refractivity contribution in [2.75, 3.05) is 13.9 Å². The van der Waals surface area contributed by atoms with Crippen LogP contribution in [0.15, 0.2) is 47.6 Å². The highest BCUT2D eigenvalue weighted by Crippen LogP contribution is 2.34. The first-order valence-electron chi connectivity index (χ1n) is 9.04. The van der Waals surface area contributed by atoms with Crippen LogP contribution in [0.5, 0.6) is 11.5 Å². The van der Waals surface area contributed by atoms with Crippen LogP contribution < -0.4 is 9.47 Å². The van der Waals surface area contributed by atoms with Gasteiger partial charge >= 0.3 is 5.97 Å². The van der Waals surface area contributed by atoms with Gasteiger partial charge in [-0.05, 0) is 49.7 Å². The van der Waals surface area contributed by atoms with E-state index >= 15 is 0 Å². The number of fused-ring (bicyclic) bond motifs is 1. The molecule has 150 valence electrons. The molecular weight excluding hydrogens is 376 g/mol. The second-order valence-electron chi connectivity index (χ2n) is 7.17. The number of amidine groups is 1. The van der Waals surface area contributed by atoms with Crippen molar-refractivity contribution in [3.63, 3.8) is 0 Å². The van der Waals surface area contributed by atoms with E-state index in [1.807, 2.05) is 6.07 Å². The van der Waals surface area contributed by atoms with Crippen LogP contribution in [0.2, 0.25) is 0 Å². The van der Waals surface area contributed by atoms with E-state index in [9.17, 15) is 9.59 Å². The summed E-state index contributed by atoms with van der Waals surface area (Å²) >= 11 is 0. The zero-order chi connectivity index (χ0) is 20.6. The van der Waals surface area contributed by atoms with Crippen LogP contribution in [-0.4, -0.2) is 42.1 Å². The van der Waals surface area contributed by atoms with Crippen molar-refractivity contribution in [3.05, 3.63) is 59.2 Å². The summed E-state index contributed by atoms with van der Waals surface area (Å²) in [6.07, 6.45) is 0. The van der Waals surface area contributed by atoms with Crippen LogP contribution in [-0.2, 0) is 20.9 Å². The van der Waals surface area contributed by atoms with Crippen LogP contribution in [0.3, 0.4) is 0 Å². The van der Waals surface area contributed by atoms with Crippen molar-refractivity contribution in [1.29, 1.82) is 0 Å². The maximum atomic E-state index is 13.1. The van der Waals surface area contributed by atoms with Gasteiger partial charge in [0.1, 0.15) is 0 Å². The van der Waals surface area contributed by atoms with Gasteiger partial charge in [0, 0.05) is 5.56 Å². The molecule has 2 aromatic carbocycles. The summed E-state index contributed by atoms with van der Waals surface area (Å²) in [6.45, 7) is 3.68. The van der Waals surface area contributed by atoms with Gasteiger partial charge in [0.25, 0.3) is 5.91 Å². The van der Waals surface area contributed by atoms with E-state index in [0.717, 1.165) is 5.56 Å². The number of rotatable bonds is 4. The molecule has 0 saturated heterocycles. The third-order valence-corrected chi connectivity index (χ3v) is 4.70. The molecule has 2 aromatic rings. The normalized spacial score (nSPS) is 16.9. The van der Waals surface area contributed by atoms with Gasteiger partial charge in [-0.1, -0.05) is 17.3 Å². The summed E-state index contributed by atoms with van der Waals surface area (Å²) in [4.78, 5) is 32.0. The number of carbonyl (C=O) groups excluding carboxylic acids is 2. The van der Waals surface area contributed by atoms with Crippen LogP contribution in [0.25, 0.3) is 0 Å². The van der Waals surface area contributed by atoms with Crippen molar-refractivity contribution in [1.82, 2.24) is 4.90 Å². The Morgan fingerprint density at radius 3 is 2.76 bits per heavy atom. The van der Waals surface area contributed by atoms with E-state index in [1.165, 1.54) is 12.0 Å². The molecule has 4 rings (SSSR count). The van der Waals surface area contributed by atoms with E-state index in [4.69, 9.17) is 19.0 Å². The summed E-state index contributed by atoms with van der Waals surface area (Å²) in [7, 11) is 1.33. The number of amides is 1. The van der Waals surface area contributed by atoms with E-state index in [0.29, 0.717) is 28.5 Å². The molecule has 2 aliphatic rings. The number of oxime groups is 1. The number of benzene rings is 2. The smallest absolute Gasteiger partial charge is 0.337 e. The topological polar surface area (TPSA) is 86.7 Å². The average Bonchev–Trinajstić information content (AvgIpc) is 3.19. The fraction of sp³-hybridized carbons (Fsp3) is 0.286. The number of methoxy groups -OCH3 is 1. The first kappa shape index (κ1) is 18.8. The monoisotopic (exact) mass is 396 g/mol. The largest absolute Gasteiger partial charge is 0.465 e. The predicted octanol–water partition coefficient (Wildman–Crippen LogP) is 2.70. The number of carbonyl (C=O) groups is 2. The summed E-state index contributed by atoms with van der Waals surface area (Å²) in [5.41, 5.74) is 0.709. The second-order valence-corrected chi connectivity index (χ2v) is 7.17. The zero-order valence-electron chi connectivity index (χ0n) is 16.3. The molecule has 2 heterocycles. The lowest BCUT2D eigenvalue weighted by Crippen LogP contribution is -2.52. The Labute approximate surface area is 167 Å². The molecule has 0 unspecified atom stereocenters. The highest BCUT2D eigenvalue weighted by atomic mass is 16.7. The van der Waals surface area contributed by atoms with Crippen molar-refractivity contribution in [3.8, 4) is 11.5 Å². The minimum atomic E-state index is -1.11. The lowest BCUT2D eigenvalue weighted by Gasteiger charge is -2.35. The van der Waals surface area contributed by atoms with Crippen molar-refractivity contribution >= 4 is 17.7 Å². The molecule has 0 radical (unpaired) electrons. The molecule has 29 heavy (non-hydrogen) atoms. The highest BCUT2D eigenvalue weighted by Gasteiger charge is 2.41. The first-order valence-corrected chi connectivity index (χ1v) is 9.04. The minimum absolute atomic E-state index is 0.151. The molecular formula is C21H20N2O6. The highest BCUT2D eigenvalue weighted by molar-refractivity contribution is 6.10. The summed E-state index contributed by atoms with van der Waals surface area (Å²) in [5.74, 6) is 0.884. The molecule has 8 nitrogen and oxygen atoms in total. The van der Waals surface area contributed by atoms with Gasteiger partial charge in [-0.25, -0.2) is 4.79 Å². The van der Waals surface area contributed by atoms with Crippen molar-refractivity contribution in [2.24, 2.45) is 5.16 Å². The molecule has 2 aliphatic heterocycles. The molecule has 0 aliphatic carbocycles. The lowest BCUT2D eigenvalue weighted by molar-refractivity contribution is -0.154. The van der Waals surface area contributed by atoms with Gasteiger partial charge in [-0.15, -0.1) is 0 Å². The van der Waals surface area contributed by atoms with Gasteiger partial charge < -0.3 is 19.0 Å². The average molecular weight is 396 g/mol. The molecule has 8 heteroatoms. The van der Waals surface area contributed by atoms with Gasteiger partial charge in [0.05, 0.1) is 19.2 Å². The third-order valence-electron chi connectivity index (χ3n) is 4.70. The Morgan fingerprint density at radius 2 is 1.97 bits per heavy atom. The SMILES string of the molecule is COC(=O)c1cccc(CN2C(=O)C(C)(C)ON=C2c2ccc3c(c2)OCO3)c1. The van der Waals surface area contributed by atoms with Crippen molar-refractivity contribution in [2.45, 2.75) is 26.0 Å². The van der Waals surface area contributed by atoms with Crippen LogP contribution in [0.4, 0.5) is 0 Å². The fourth-order valence-corrected chi connectivity index (χ4v) is 3.15. The molecule has 0 atom stereocenters. The van der Waals surface area contributed by atoms with E-state index in [2.05, 4.69) is 5.16 Å². The van der Waals surface area contributed by atoms with Gasteiger partial charge in [-0.2, -0.15) is 0 Å². The Kier molecular flexibility index (Phi) is 4.62. The zero-order valence-corrected chi connectivity index (χ0v) is 16.3.